The van der Waals surface area contributed by atoms with Gasteiger partial charge in [0.05, 0.1) is 37.7 Å². The number of para-hydroxylation sites is 1. The van der Waals surface area contributed by atoms with E-state index in [0.29, 0.717) is 0 Å². The number of nitrogens with zero attached hydrogens (tertiary/aromatic N) is 3. The first-order valence-electron chi connectivity index (χ1n) is 8.93. The van der Waals surface area contributed by atoms with Crippen LogP contribution in [0.4, 0.5) is 5.69 Å². The lowest BCUT2D eigenvalue weighted by Gasteiger charge is -2.31. The Morgan fingerprint density at radius 1 is 0.962 bits per heavy atom. The van der Waals surface area contributed by atoms with Gasteiger partial charge in [-0.1, -0.05) is 48.0 Å². The molecular weight excluding hydrogens is 342 g/mol. The van der Waals surface area contributed by atoms with Crippen LogP contribution in [-0.2, 0) is 4.74 Å². The first kappa shape index (κ1) is 17.1. The third kappa shape index (κ3) is 3.45. The Hall–Kier alpha value is -2.37. The maximum Gasteiger partial charge on any atom is 0.209 e. The summed E-state index contributed by atoms with van der Waals surface area (Å²) < 4.78 is 7.82. The fourth-order valence-corrected chi connectivity index (χ4v) is 4.04. The summed E-state index contributed by atoms with van der Waals surface area (Å²) >= 11 is 1.69. The van der Waals surface area contributed by atoms with E-state index in [2.05, 4.69) is 71.4 Å². The molecule has 4 rings (SSSR count). The van der Waals surface area contributed by atoms with E-state index in [1.807, 2.05) is 6.07 Å². The topological polar surface area (TPSA) is 29.8 Å². The van der Waals surface area contributed by atoms with Crippen LogP contribution in [0.1, 0.15) is 11.1 Å². The minimum Gasteiger partial charge on any atom is -0.378 e. The van der Waals surface area contributed by atoms with Gasteiger partial charge < -0.3 is 9.75 Å². The molecule has 0 bridgehead atoms. The standard InChI is InChI=1S/C21H23N3OS/c1-16-7-9-18(10-8-16)20-15-26-21(22-19-6-4-3-5-17(19)2)24(20)23-11-13-25-14-12-23/h3-10,15H,11-14H2,1-2H3. The van der Waals surface area contributed by atoms with Crippen molar-refractivity contribution in [3.8, 4) is 11.3 Å². The van der Waals surface area contributed by atoms with Crippen molar-refractivity contribution in [1.29, 1.82) is 0 Å². The Labute approximate surface area is 158 Å². The minimum absolute atomic E-state index is 0.750. The van der Waals surface area contributed by atoms with E-state index in [0.717, 1.165) is 36.8 Å². The number of rotatable bonds is 3. The minimum atomic E-state index is 0.750. The smallest absolute Gasteiger partial charge is 0.209 e. The predicted molar refractivity (Wildman–Crippen MR) is 108 cm³/mol. The van der Waals surface area contributed by atoms with Gasteiger partial charge in [-0.05, 0) is 25.5 Å². The van der Waals surface area contributed by atoms with Gasteiger partial charge in [0.1, 0.15) is 0 Å². The summed E-state index contributed by atoms with van der Waals surface area (Å²) in [6, 6.07) is 17.0. The number of hydrogen-bond donors (Lipinski definition) is 0. The molecule has 2 heterocycles. The highest BCUT2D eigenvalue weighted by Gasteiger charge is 2.17. The molecule has 4 nitrogen and oxygen atoms in total. The Morgan fingerprint density at radius 3 is 2.42 bits per heavy atom. The van der Waals surface area contributed by atoms with Crippen molar-refractivity contribution in [2.75, 3.05) is 31.3 Å². The lowest BCUT2D eigenvalue weighted by molar-refractivity contribution is 0.111. The summed E-state index contributed by atoms with van der Waals surface area (Å²) in [6.45, 7) is 7.46. The molecule has 3 aromatic rings. The number of aromatic nitrogens is 1. The van der Waals surface area contributed by atoms with Gasteiger partial charge in [0.25, 0.3) is 0 Å². The van der Waals surface area contributed by atoms with Gasteiger partial charge in [-0.25, -0.2) is 9.67 Å². The Kier molecular flexibility index (Phi) is 4.91. The van der Waals surface area contributed by atoms with Crippen LogP contribution in [0.15, 0.2) is 58.9 Å². The van der Waals surface area contributed by atoms with E-state index >= 15 is 0 Å². The van der Waals surface area contributed by atoms with E-state index in [-0.39, 0.29) is 0 Å². The number of aryl methyl sites for hydroxylation is 2. The van der Waals surface area contributed by atoms with E-state index in [1.165, 1.54) is 22.4 Å². The lowest BCUT2D eigenvalue weighted by atomic mass is 10.1. The zero-order valence-electron chi connectivity index (χ0n) is 15.2. The molecule has 0 saturated carbocycles. The van der Waals surface area contributed by atoms with Crippen molar-refractivity contribution in [2.24, 2.45) is 4.99 Å². The van der Waals surface area contributed by atoms with E-state index in [1.54, 1.807) is 11.3 Å². The SMILES string of the molecule is Cc1ccc(-c2csc(=Nc3ccccc3C)n2N2CCOCC2)cc1. The molecule has 0 unspecified atom stereocenters. The molecule has 1 saturated heterocycles. The van der Waals surface area contributed by atoms with Crippen LogP contribution in [0.2, 0.25) is 0 Å². The second-order valence-corrected chi connectivity index (χ2v) is 7.38. The number of hydrogen-bond acceptors (Lipinski definition) is 4. The quantitative estimate of drug-likeness (QED) is 0.701. The summed E-state index contributed by atoms with van der Waals surface area (Å²) in [4.78, 5) is 5.98. The molecule has 1 aliphatic heterocycles. The third-order valence-electron chi connectivity index (χ3n) is 4.63. The molecule has 1 fully saturated rings. The molecule has 26 heavy (non-hydrogen) atoms. The molecule has 0 atom stereocenters. The van der Waals surface area contributed by atoms with Crippen LogP contribution in [0.25, 0.3) is 11.3 Å². The Morgan fingerprint density at radius 2 is 1.69 bits per heavy atom. The highest BCUT2D eigenvalue weighted by molar-refractivity contribution is 7.07. The van der Waals surface area contributed by atoms with Gasteiger partial charge in [-0.2, -0.15) is 0 Å². The summed E-state index contributed by atoms with van der Waals surface area (Å²) in [7, 11) is 0. The molecule has 5 heteroatoms. The molecule has 1 aliphatic rings. The average Bonchev–Trinajstić information content (AvgIpc) is 3.08. The average molecular weight is 366 g/mol. The third-order valence-corrected chi connectivity index (χ3v) is 5.45. The normalized spacial score (nSPS) is 15.5. The van der Waals surface area contributed by atoms with Gasteiger partial charge in [0.2, 0.25) is 4.80 Å². The van der Waals surface area contributed by atoms with E-state index in [9.17, 15) is 0 Å². The Bertz CT molecular complexity index is 950. The highest BCUT2D eigenvalue weighted by Crippen LogP contribution is 2.23. The van der Waals surface area contributed by atoms with Crippen molar-refractivity contribution in [1.82, 2.24) is 4.68 Å². The second-order valence-electron chi connectivity index (χ2n) is 6.55. The van der Waals surface area contributed by atoms with Crippen LogP contribution in [-0.4, -0.2) is 31.0 Å². The van der Waals surface area contributed by atoms with Gasteiger partial charge in [0, 0.05) is 10.9 Å². The number of ether oxygens (including phenoxy) is 1. The maximum absolute atomic E-state index is 5.55. The van der Waals surface area contributed by atoms with Gasteiger partial charge in [-0.15, -0.1) is 11.3 Å². The van der Waals surface area contributed by atoms with Crippen molar-refractivity contribution in [3.05, 3.63) is 69.8 Å². The van der Waals surface area contributed by atoms with Gasteiger partial charge in [-0.3, -0.25) is 0 Å². The van der Waals surface area contributed by atoms with E-state index < -0.39 is 0 Å². The molecule has 0 spiro atoms. The molecule has 2 aromatic carbocycles. The molecule has 0 aliphatic carbocycles. The Balaban J connectivity index is 1.86. The van der Waals surface area contributed by atoms with Crippen LogP contribution < -0.4 is 9.81 Å². The van der Waals surface area contributed by atoms with Crippen LogP contribution in [0.3, 0.4) is 0 Å². The number of thiazole rings is 1. The molecular formula is C21H23N3OS. The fraction of sp³-hybridized carbons (Fsp3) is 0.286. The largest absolute Gasteiger partial charge is 0.378 e. The van der Waals surface area contributed by atoms with Crippen LogP contribution in [0, 0.1) is 13.8 Å². The summed E-state index contributed by atoms with van der Waals surface area (Å²) in [6.07, 6.45) is 0. The number of morpholine rings is 1. The lowest BCUT2D eigenvalue weighted by Crippen LogP contribution is -2.48. The molecule has 1 aromatic heterocycles. The molecule has 0 N–H and O–H groups in total. The van der Waals surface area contributed by atoms with E-state index in [4.69, 9.17) is 9.73 Å². The monoisotopic (exact) mass is 365 g/mol. The van der Waals surface area contributed by atoms with Crippen molar-refractivity contribution in [2.45, 2.75) is 13.8 Å². The maximum atomic E-state index is 5.55. The van der Waals surface area contributed by atoms with Gasteiger partial charge in [0.15, 0.2) is 0 Å². The van der Waals surface area contributed by atoms with Crippen LogP contribution >= 0.6 is 11.3 Å². The first-order chi connectivity index (χ1) is 12.7. The molecule has 0 radical (unpaired) electrons. The van der Waals surface area contributed by atoms with Crippen molar-refractivity contribution in [3.63, 3.8) is 0 Å². The van der Waals surface area contributed by atoms with Crippen LogP contribution in [0.5, 0.6) is 0 Å². The summed E-state index contributed by atoms with van der Waals surface area (Å²) in [5.41, 5.74) is 5.87. The fourth-order valence-electron chi connectivity index (χ4n) is 3.12. The van der Waals surface area contributed by atoms with Crippen molar-refractivity contribution >= 4 is 17.0 Å². The number of benzene rings is 2. The second kappa shape index (κ2) is 7.48. The zero-order chi connectivity index (χ0) is 17.9. The summed E-state index contributed by atoms with van der Waals surface area (Å²) in [5.74, 6) is 0. The summed E-state index contributed by atoms with van der Waals surface area (Å²) in [5, 5.41) is 4.55. The van der Waals surface area contributed by atoms with Crippen molar-refractivity contribution < 1.29 is 4.74 Å². The molecule has 0 amide bonds. The highest BCUT2D eigenvalue weighted by atomic mass is 32.1. The zero-order valence-corrected chi connectivity index (χ0v) is 16.0. The van der Waals surface area contributed by atoms with Gasteiger partial charge >= 0.3 is 0 Å². The first-order valence-corrected chi connectivity index (χ1v) is 9.81. The predicted octanol–water partition coefficient (Wildman–Crippen LogP) is 4.03. The molecule has 134 valence electrons.